The first-order valence-electron chi connectivity index (χ1n) is 9.06. The van der Waals surface area contributed by atoms with Crippen LogP contribution in [-0.2, 0) is 9.53 Å². The first-order valence-corrected chi connectivity index (χ1v) is 9.06. The minimum Gasteiger partial charge on any atom is -0.390 e. The molecule has 4 heteroatoms. The number of nitrogens with zero attached hydrogens (tertiary/aromatic N) is 1. The third kappa shape index (κ3) is 8.29. The molecule has 1 heterocycles. The van der Waals surface area contributed by atoms with Crippen LogP contribution in [-0.4, -0.2) is 29.7 Å². The molecule has 0 saturated carbocycles. The van der Waals surface area contributed by atoms with Crippen molar-refractivity contribution < 1.29 is 14.6 Å². The van der Waals surface area contributed by atoms with E-state index in [0.717, 1.165) is 51.4 Å². The van der Waals surface area contributed by atoms with Crippen LogP contribution in [0.15, 0.2) is 12.2 Å². The average Bonchev–Trinajstić information content (AvgIpc) is 2.89. The summed E-state index contributed by atoms with van der Waals surface area (Å²) in [5.41, 5.74) is 0. The van der Waals surface area contributed by atoms with Gasteiger partial charge in [-0.3, -0.25) is 4.79 Å². The van der Waals surface area contributed by atoms with Gasteiger partial charge in [-0.25, -0.2) is 0 Å². The van der Waals surface area contributed by atoms with E-state index in [-0.39, 0.29) is 17.8 Å². The number of aliphatic hydroxyl groups is 1. The molecule has 1 N–H and O–H groups in total. The minimum atomic E-state index is -0.502. The van der Waals surface area contributed by atoms with E-state index in [9.17, 15) is 9.90 Å². The summed E-state index contributed by atoms with van der Waals surface area (Å²) >= 11 is 0. The average molecular weight is 321 g/mol. The van der Waals surface area contributed by atoms with E-state index in [0.29, 0.717) is 19.4 Å². The molecule has 1 fully saturated rings. The van der Waals surface area contributed by atoms with Crippen LogP contribution in [0, 0.1) is 17.2 Å². The molecule has 3 atom stereocenters. The number of rotatable bonds is 12. The van der Waals surface area contributed by atoms with Gasteiger partial charge in [0.1, 0.15) is 0 Å². The van der Waals surface area contributed by atoms with E-state index in [2.05, 4.69) is 13.0 Å². The predicted molar refractivity (Wildman–Crippen MR) is 90.8 cm³/mol. The highest BCUT2D eigenvalue weighted by atomic mass is 16.5. The maximum atomic E-state index is 11.8. The molecule has 0 spiro atoms. The van der Waals surface area contributed by atoms with Crippen LogP contribution >= 0.6 is 0 Å². The summed E-state index contributed by atoms with van der Waals surface area (Å²) in [5, 5.41) is 18.5. The monoisotopic (exact) mass is 321 g/mol. The van der Waals surface area contributed by atoms with Crippen LogP contribution in [0.25, 0.3) is 0 Å². The van der Waals surface area contributed by atoms with E-state index in [4.69, 9.17) is 10.00 Å². The second-order valence-corrected chi connectivity index (χ2v) is 6.41. The Kier molecular flexibility index (Phi) is 10.6. The lowest BCUT2D eigenvalue weighted by Gasteiger charge is -2.16. The molecule has 4 nitrogen and oxygen atoms in total. The molecule has 0 aromatic carbocycles. The normalized spacial score (nSPS) is 24.1. The van der Waals surface area contributed by atoms with Crippen LogP contribution in [0.4, 0.5) is 0 Å². The quantitative estimate of drug-likeness (QED) is 0.437. The van der Waals surface area contributed by atoms with Gasteiger partial charge >= 0.3 is 0 Å². The molecule has 0 aromatic rings. The third-order valence-corrected chi connectivity index (χ3v) is 4.41. The Morgan fingerprint density at radius 3 is 2.78 bits per heavy atom. The summed E-state index contributed by atoms with van der Waals surface area (Å²) in [6.45, 7) is 2.48. The Balaban J connectivity index is 2.30. The lowest BCUT2D eigenvalue weighted by molar-refractivity contribution is -0.114. The molecule has 0 aliphatic carbocycles. The summed E-state index contributed by atoms with van der Waals surface area (Å²) in [6, 6.07) is 2.16. The molecule has 0 amide bonds. The summed E-state index contributed by atoms with van der Waals surface area (Å²) in [4.78, 5) is 11.8. The molecular formula is C19H31NO3. The number of ketones is 1. The van der Waals surface area contributed by atoms with Crippen LogP contribution in [0.1, 0.15) is 71.1 Å². The van der Waals surface area contributed by atoms with Gasteiger partial charge in [-0.1, -0.05) is 45.1 Å². The number of carbonyl (C=O) groups excluding carboxylic acids is 1. The molecule has 0 bridgehead atoms. The Morgan fingerprint density at radius 2 is 2.04 bits per heavy atom. The van der Waals surface area contributed by atoms with Gasteiger partial charge in [0, 0.05) is 18.8 Å². The van der Waals surface area contributed by atoms with Gasteiger partial charge in [-0.2, -0.15) is 5.26 Å². The molecule has 23 heavy (non-hydrogen) atoms. The van der Waals surface area contributed by atoms with Gasteiger partial charge in [0.15, 0.2) is 5.78 Å². The molecule has 0 unspecified atom stereocenters. The van der Waals surface area contributed by atoms with Gasteiger partial charge in [-0.05, 0) is 25.3 Å². The number of allylic oxidation sites excluding steroid dienone is 1. The fraction of sp³-hybridized carbons (Fsp3) is 0.789. The summed E-state index contributed by atoms with van der Waals surface area (Å²) in [7, 11) is 0. The summed E-state index contributed by atoms with van der Waals surface area (Å²) in [5.74, 6) is 0.0806. The zero-order valence-electron chi connectivity index (χ0n) is 14.4. The number of hydrogen-bond acceptors (Lipinski definition) is 4. The smallest absolute Gasteiger partial charge is 0.155 e. The summed E-state index contributed by atoms with van der Waals surface area (Å²) in [6.07, 6.45) is 12.4. The third-order valence-electron chi connectivity index (χ3n) is 4.41. The van der Waals surface area contributed by atoms with E-state index in [1.165, 1.54) is 0 Å². The molecule has 1 aliphatic heterocycles. The largest absolute Gasteiger partial charge is 0.390 e. The number of hydrogen-bond donors (Lipinski definition) is 1. The first kappa shape index (κ1) is 19.9. The highest BCUT2D eigenvalue weighted by Crippen LogP contribution is 2.27. The Hall–Kier alpha value is -1.18. The standard InChI is InChI=1S/C19H31NO3/c1-2-3-7-10-16(21)12-13-17-18(22)15-23-19(17)11-8-5-4-6-9-14-20/h12-13,17-19,22H,2-11,15H2,1H3/t17-,18+,19+/m0/s1. The van der Waals surface area contributed by atoms with Crippen molar-refractivity contribution in [1.82, 2.24) is 0 Å². The minimum absolute atomic E-state index is 0.0145. The number of aliphatic hydroxyl groups excluding tert-OH is 1. The molecule has 1 aliphatic rings. The fourth-order valence-electron chi connectivity index (χ4n) is 2.97. The Bertz CT molecular complexity index is 400. The zero-order chi connectivity index (χ0) is 16.9. The SMILES string of the molecule is CCCCCC(=O)C=C[C@H]1[C@H](O)CO[C@@H]1CCCCCCC#N. The fourth-order valence-corrected chi connectivity index (χ4v) is 2.97. The van der Waals surface area contributed by atoms with E-state index in [1.54, 1.807) is 6.08 Å². The van der Waals surface area contributed by atoms with Crippen molar-refractivity contribution >= 4 is 5.78 Å². The molecule has 1 rings (SSSR count). The second kappa shape index (κ2) is 12.3. The van der Waals surface area contributed by atoms with Gasteiger partial charge < -0.3 is 9.84 Å². The number of unbranched alkanes of at least 4 members (excludes halogenated alkanes) is 6. The molecule has 1 saturated heterocycles. The van der Waals surface area contributed by atoms with Crippen molar-refractivity contribution in [2.45, 2.75) is 83.3 Å². The highest BCUT2D eigenvalue weighted by molar-refractivity contribution is 5.89. The topological polar surface area (TPSA) is 70.3 Å². The van der Waals surface area contributed by atoms with Crippen molar-refractivity contribution in [1.29, 1.82) is 5.26 Å². The molecule has 0 aromatic heterocycles. The van der Waals surface area contributed by atoms with Crippen molar-refractivity contribution in [3.8, 4) is 6.07 Å². The van der Waals surface area contributed by atoms with Crippen molar-refractivity contribution in [3.05, 3.63) is 12.2 Å². The predicted octanol–water partition coefficient (Wildman–Crippen LogP) is 3.93. The maximum Gasteiger partial charge on any atom is 0.155 e. The van der Waals surface area contributed by atoms with Gasteiger partial charge in [-0.15, -0.1) is 0 Å². The molecule has 0 radical (unpaired) electrons. The lowest BCUT2D eigenvalue weighted by Crippen LogP contribution is -2.22. The summed E-state index contributed by atoms with van der Waals surface area (Å²) < 4.78 is 5.67. The number of nitriles is 1. The van der Waals surface area contributed by atoms with Gasteiger partial charge in [0.25, 0.3) is 0 Å². The van der Waals surface area contributed by atoms with E-state index >= 15 is 0 Å². The Morgan fingerprint density at radius 1 is 1.26 bits per heavy atom. The van der Waals surface area contributed by atoms with Crippen LogP contribution in [0.5, 0.6) is 0 Å². The molecule has 130 valence electrons. The first-order chi connectivity index (χ1) is 11.2. The van der Waals surface area contributed by atoms with E-state index in [1.807, 2.05) is 6.08 Å². The van der Waals surface area contributed by atoms with Gasteiger partial charge in [0.05, 0.1) is 24.9 Å². The molecular weight excluding hydrogens is 290 g/mol. The Labute approximate surface area is 140 Å². The number of carbonyl (C=O) groups is 1. The van der Waals surface area contributed by atoms with Crippen molar-refractivity contribution in [2.75, 3.05) is 6.61 Å². The van der Waals surface area contributed by atoms with Crippen molar-refractivity contribution in [3.63, 3.8) is 0 Å². The maximum absolute atomic E-state index is 11.8. The van der Waals surface area contributed by atoms with Gasteiger partial charge in [0.2, 0.25) is 0 Å². The van der Waals surface area contributed by atoms with Crippen LogP contribution in [0.2, 0.25) is 0 Å². The van der Waals surface area contributed by atoms with Crippen LogP contribution in [0.3, 0.4) is 0 Å². The highest BCUT2D eigenvalue weighted by Gasteiger charge is 2.33. The van der Waals surface area contributed by atoms with E-state index < -0.39 is 6.10 Å². The lowest BCUT2D eigenvalue weighted by atomic mass is 9.93. The number of ether oxygens (including phenoxy) is 1. The second-order valence-electron chi connectivity index (χ2n) is 6.41. The zero-order valence-corrected chi connectivity index (χ0v) is 14.4. The van der Waals surface area contributed by atoms with Crippen molar-refractivity contribution in [2.24, 2.45) is 5.92 Å². The van der Waals surface area contributed by atoms with Crippen LogP contribution < -0.4 is 0 Å².